The molecule has 3 N–H and O–H groups in total. The molecule has 0 saturated carbocycles. The Morgan fingerprint density at radius 2 is 2.10 bits per heavy atom. The number of rotatable bonds is 2. The van der Waals surface area contributed by atoms with Crippen molar-refractivity contribution in [1.29, 1.82) is 0 Å². The zero-order valence-electron chi connectivity index (χ0n) is 12.5. The molecule has 1 amide bonds. The number of amides is 1. The molecule has 5 nitrogen and oxygen atoms in total. The molecule has 0 radical (unpaired) electrons. The zero-order chi connectivity index (χ0) is 14.8. The number of hydrogen-bond acceptors (Lipinski definition) is 3. The molecule has 1 aromatic rings. The zero-order valence-corrected chi connectivity index (χ0v) is 12.5. The fourth-order valence-corrected chi connectivity index (χ4v) is 3.33. The van der Waals surface area contributed by atoms with Crippen LogP contribution in [0.25, 0.3) is 0 Å². The van der Waals surface area contributed by atoms with Gasteiger partial charge in [-0.1, -0.05) is 0 Å². The number of piperidine rings is 1. The number of pyridine rings is 1. The van der Waals surface area contributed by atoms with E-state index in [0.717, 1.165) is 56.3 Å². The topological polar surface area (TPSA) is 74.0 Å². The van der Waals surface area contributed by atoms with Gasteiger partial charge in [0, 0.05) is 17.8 Å². The van der Waals surface area contributed by atoms with E-state index in [-0.39, 0.29) is 29.1 Å². The van der Waals surface area contributed by atoms with E-state index >= 15 is 0 Å². The Kier molecular flexibility index (Phi) is 4.10. The van der Waals surface area contributed by atoms with E-state index in [1.165, 1.54) is 0 Å². The molecule has 1 fully saturated rings. The first-order valence-electron chi connectivity index (χ1n) is 7.94. The lowest BCUT2D eigenvalue weighted by molar-refractivity contribution is 0.0918. The normalized spacial score (nSPS) is 25.2. The molecule has 2 unspecified atom stereocenters. The van der Waals surface area contributed by atoms with Gasteiger partial charge in [0.2, 0.25) is 0 Å². The van der Waals surface area contributed by atoms with Crippen molar-refractivity contribution < 1.29 is 4.79 Å². The molecule has 21 heavy (non-hydrogen) atoms. The van der Waals surface area contributed by atoms with E-state index in [9.17, 15) is 9.59 Å². The van der Waals surface area contributed by atoms with E-state index in [1.807, 2.05) is 0 Å². The Labute approximate surface area is 124 Å². The highest BCUT2D eigenvalue weighted by Crippen LogP contribution is 2.18. The fraction of sp³-hybridized carbons (Fsp3) is 0.625. The summed E-state index contributed by atoms with van der Waals surface area (Å²) in [6, 6.07) is 2.14. The van der Waals surface area contributed by atoms with Crippen LogP contribution in [0, 0.1) is 0 Å². The van der Waals surface area contributed by atoms with E-state index < -0.39 is 0 Å². The van der Waals surface area contributed by atoms with Crippen LogP contribution in [0.2, 0.25) is 0 Å². The number of hydrogen-bond donors (Lipinski definition) is 3. The van der Waals surface area contributed by atoms with Crippen molar-refractivity contribution in [1.82, 2.24) is 15.6 Å². The maximum Gasteiger partial charge on any atom is 0.261 e. The third-order valence-electron chi connectivity index (χ3n) is 4.66. The first-order chi connectivity index (χ1) is 10.1. The van der Waals surface area contributed by atoms with Crippen LogP contribution in [0.15, 0.2) is 10.9 Å². The molecule has 2 aliphatic rings. The summed E-state index contributed by atoms with van der Waals surface area (Å²) in [7, 11) is 0. The van der Waals surface area contributed by atoms with Gasteiger partial charge < -0.3 is 15.6 Å². The van der Waals surface area contributed by atoms with Gasteiger partial charge in [-0.05, 0) is 63.6 Å². The van der Waals surface area contributed by atoms with Gasteiger partial charge in [0.05, 0.1) is 0 Å². The van der Waals surface area contributed by atoms with Gasteiger partial charge >= 0.3 is 0 Å². The van der Waals surface area contributed by atoms with Gasteiger partial charge in [0.15, 0.2) is 0 Å². The summed E-state index contributed by atoms with van der Waals surface area (Å²) < 4.78 is 0. The van der Waals surface area contributed by atoms with Crippen molar-refractivity contribution in [2.75, 3.05) is 6.54 Å². The van der Waals surface area contributed by atoms with Crippen LogP contribution in [0.4, 0.5) is 0 Å². The van der Waals surface area contributed by atoms with Gasteiger partial charge in [0.1, 0.15) is 5.56 Å². The molecule has 1 saturated heterocycles. The van der Waals surface area contributed by atoms with Crippen molar-refractivity contribution in [2.45, 2.75) is 57.5 Å². The maximum absolute atomic E-state index is 12.4. The Bertz CT molecular complexity index is 594. The van der Waals surface area contributed by atoms with E-state index in [1.54, 1.807) is 6.07 Å². The third-order valence-corrected chi connectivity index (χ3v) is 4.66. The minimum Gasteiger partial charge on any atom is -0.348 e. The summed E-state index contributed by atoms with van der Waals surface area (Å²) >= 11 is 0. The quantitative estimate of drug-likeness (QED) is 0.764. The van der Waals surface area contributed by atoms with Gasteiger partial charge in [-0.25, -0.2) is 0 Å². The molecule has 2 atom stereocenters. The molecule has 0 bridgehead atoms. The van der Waals surface area contributed by atoms with Crippen LogP contribution in [0.1, 0.15) is 54.2 Å². The Morgan fingerprint density at radius 1 is 1.29 bits per heavy atom. The predicted octanol–water partition coefficient (Wildman–Crippen LogP) is 1.12. The largest absolute Gasteiger partial charge is 0.348 e. The lowest BCUT2D eigenvalue weighted by Gasteiger charge is -2.30. The smallest absolute Gasteiger partial charge is 0.261 e. The lowest BCUT2D eigenvalue weighted by Crippen LogP contribution is -2.52. The molecule has 114 valence electrons. The molecule has 0 spiro atoms. The Hall–Kier alpha value is -1.62. The van der Waals surface area contributed by atoms with Gasteiger partial charge in [0.25, 0.3) is 11.5 Å². The number of aromatic amines is 1. The van der Waals surface area contributed by atoms with E-state index in [2.05, 4.69) is 22.5 Å². The monoisotopic (exact) mass is 289 g/mol. The minimum absolute atomic E-state index is 0.0988. The highest BCUT2D eigenvalue weighted by Gasteiger charge is 2.24. The van der Waals surface area contributed by atoms with Crippen LogP contribution in [-0.4, -0.2) is 29.5 Å². The molecule has 1 aromatic heterocycles. The third kappa shape index (κ3) is 3.02. The highest BCUT2D eigenvalue weighted by atomic mass is 16.2. The van der Waals surface area contributed by atoms with Crippen molar-refractivity contribution in [3.63, 3.8) is 0 Å². The Balaban J connectivity index is 1.79. The number of H-pyrrole nitrogens is 1. The number of carbonyl (C=O) groups is 1. The lowest BCUT2D eigenvalue weighted by atomic mass is 9.94. The summed E-state index contributed by atoms with van der Waals surface area (Å²) in [5.74, 6) is -0.245. The second-order valence-corrected chi connectivity index (χ2v) is 6.19. The second kappa shape index (κ2) is 6.02. The standard InChI is InChI=1S/C16H23N3O2/c1-10-13(7-4-8-17-10)18-15(20)12-9-11-5-2-3-6-14(11)19-16(12)21/h9-10,13,17H,2-8H2,1H3,(H,18,20)(H,19,21). The van der Waals surface area contributed by atoms with Crippen molar-refractivity contribution >= 4 is 5.91 Å². The predicted molar refractivity (Wildman–Crippen MR) is 81.7 cm³/mol. The Morgan fingerprint density at radius 3 is 2.90 bits per heavy atom. The van der Waals surface area contributed by atoms with Crippen LogP contribution in [0.3, 0.4) is 0 Å². The number of fused-ring (bicyclic) bond motifs is 1. The van der Waals surface area contributed by atoms with Crippen LogP contribution in [-0.2, 0) is 12.8 Å². The summed E-state index contributed by atoms with van der Waals surface area (Å²) in [5.41, 5.74) is 2.13. The SMILES string of the molecule is CC1NCCCC1NC(=O)c1cc2c([nH]c1=O)CCCC2. The van der Waals surface area contributed by atoms with Crippen LogP contribution >= 0.6 is 0 Å². The van der Waals surface area contributed by atoms with Gasteiger partial charge in [-0.3, -0.25) is 9.59 Å². The van der Waals surface area contributed by atoms with Crippen molar-refractivity contribution in [3.8, 4) is 0 Å². The van der Waals surface area contributed by atoms with Crippen molar-refractivity contribution in [2.24, 2.45) is 0 Å². The molecule has 1 aliphatic carbocycles. The van der Waals surface area contributed by atoms with Crippen molar-refractivity contribution in [3.05, 3.63) is 33.2 Å². The van der Waals surface area contributed by atoms with Gasteiger partial charge in [-0.15, -0.1) is 0 Å². The molecule has 1 aliphatic heterocycles. The average Bonchev–Trinajstić information content (AvgIpc) is 2.49. The summed E-state index contributed by atoms with van der Waals surface area (Å²) in [4.78, 5) is 27.4. The molecule has 5 heteroatoms. The van der Waals surface area contributed by atoms with Crippen LogP contribution < -0.4 is 16.2 Å². The average molecular weight is 289 g/mol. The minimum atomic E-state index is -0.260. The molecule has 3 rings (SSSR count). The van der Waals surface area contributed by atoms with E-state index in [0.29, 0.717) is 0 Å². The first kappa shape index (κ1) is 14.3. The summed E-state index contributed by atoms with van der Waals surface area (Å²) in [6.07, 6.45) is 6.12. The van der Waals surface area contributed by atoms with Gasteiger partial charge in [-0.2, -0.15) is 0 Å². The number of aromatic nitrogens is 1. The number of nitrogens with one attached hydrogen (secondary N) is 3. The van der Waals surface area contributed by atoms with Crippen LogP contribution in [0.5, 0.6) is 0 Å². The highest BCUT2D eigenvalue weighted by molar-refractivity contribution is 5.94. The molecule has 2 heterocycles. The summed E-state index contributed by atoms with van der Waals surface area (Å²) in [6.45, 7) is 3.06. The summed E-state index contributed by atoms with van der Waals surface area (Å²) in [5, 5.41) is 6.36. The second-order valence-electron chi connectivity index (χ2n) is 6.19. The molecule has 0 aromatic carbocycles. The number of aryl methyl sites for hydroxylation is 2. The van der Waals surface area contributed by atoms with E-state index in [4.69, 9.17) is 0 Å². The first-order valence-corrected chi connectivity index (χ1v) is 7.94. The molecular formula is C16H23N3O2. The number of carbonyl (C=O) groups excluding carboxylic acids is 1. The maximum atomic E-state index is 12.4. The molecular weight excluding hydrogens is 266 g/mol. The fourth-order valence-electron chi connectivity index (χ4n) is 3.33.